The first-order chi connectivity index (χ1) is 12.8. The summed E-state index contributed by atoms with van der Waals surface area (Å²) >= 11 is 6.31. The van der Waals surface area contributed by atoms with Crippen molar-refractivity contribution >= 4 is 22.5 Å². The number of pyridine rings is 1. The van der Waals surface area contributed by atoms with Crippen LogP contribution in [0.15, 0.2) is 48.5 Å². The second kappa shape index (κ2) is 7.74. The molecule has 0 amide bonds. The van der Waals surface area contributed by atoms with Gasteiger partial charge in [0.1, 0.15) is 10.9 Å². The minimum Gasteiger partial charge on any atom is -0.497 e. The quantitative estimate of drug-likeness (QED) is 0.531. The first-order valence-corrected chi connectivity index (χ1v) is 8.62. The van der Waals surface area contributed by atoms with Gasteiger partial charge in [-0.25, -0.2) is 4.98 Å². The number of hydrogen-bond acceptors (Lipinski definition) is 3. The van der Waals surface area contributed by atoms with E-state index in [2.05, 4.69) is 4.98 Å². The molecule has 0 bridgehead atoms. The van der Waals surface area contributed by atoms with Crippen LogP contribution in [0, 0.1) is 0 Å². The second-order valence-electron chi connectivity index (χ2n) is 6.36. The number of halogens is 4. The van der Waals surface area contributed by atoms with Crippen molar-refractivity contribution in [3.05, 3.63) is 70.4 Å². The van der Waals surface area contributed by atoms with E-state index in [4.69, 9.17) is 16.3 Å². The van der Waals surface area contributed by atoms with Gasteiger partial charge in [-0.1, -0.05) is 23.7 Å². The van der Waals surface area contributed by atoms with Gasteiger partial charge < -0.3 is 4.74 Å². The molecule has 0 spiro atoms. The van der Waals surface area contributed by atoms with Crippen molar-refractivity contribution in [2.75, 3.05) is 14.2 Å². The van der Waals surface area contributed by atoms with Crippen LogP contribution < -0.4 is 4.74 Å². The lowest BCUT2D eigenvalue weighted by Crippen LogP contribution is -2.18. The first kappa shape index (κ1) is 19.5. The highest BCUT2D eigenvalue weighted by atomic mass is 35.5. The van der Waals surface area contributed by atoms with Crippen LogP contribution >= 0.6 is 11.6 Å². The summed E-state index contributed by atoms with van der Waals surface area (Å²) in [5.74, 6) is 0.707. The average Bonchev–Trinajstić information content (AvgIpc) is 2.61. The maximum absolute atomic E-state index is 12.6. The molecule has 0 N–H and O–H groups in total. The number of benzene rings is 2. The number of ether oxygens (including phenoxy) is 1. The third kappa shape index (κ3) is 4.70. The highest BCUT2D eigenvalue weighted by molar-refractivity contribution is 6.30. The number of aromatic nitrogens is 1. The Balaban J connectivity index is 1.73. The molecule has 0 aliphatic heterocycles. The standard InChI is InChI=1S/C20H18ClF3N2O/c1-26(11-13-3-6-16(7-4-13)20(22,23)24)12-15-9-14-5-8-17(27-2)10-18(14)25-19(15)21/h3-10H,11-12H2,1-2H3. The van der Waals surface area contributed by atoms with Crippen LogP contribution in [0.25, 0.3) is 10.9 Å². The van der Waals surface area contributed by atoms with Gasteiger partial charge in [-0.15, -0.1) is 0 Å². The molecule has 2 aromatic carbocycles. The summed E-state index contributed by atoms with van der Waals surface area (Å²) < 4.78 is 43.1. The molecular formula is C20H18ClF3N2O. The first-order valence-electron chi connectivity index (χ1n) is 8.24. The van der Waals surface area contributed by atoms with Crippen LogP contribution in [0.2, 0.25) is 5.15 Å². The lowest BCUT2D eigenvalue weighted by molar-refractivity contribution is -0.137. The Morgan fingerprint density at radius 1 is 1.04 bits per heavy atom. The van der Waals surface area contributed by atoms with Crippen LogP contribution in [0.3, 0.4) is 0 Å². The van der Waals surface area contributed by atoms with Gasteiger partial charge in [0.2, 0.25) is 0 Å². The number of fused-ring (bicyclic) bond motifs is 1. The van der Waals surface area contributed by atoms with E-state index >= 15 is 0 Å². The Morgan fingerprint density at radius 2 is 1.74 bits per heavy atom. The monoisotopic (exact) mass is 394 g/mol. The Kier molecular flexibility index (Phi) is 5.58. The summed E-state index contributed by atoms with van der Waals surface area (Å²) in [5, 5.41) is 1.34. The smallest absolute Gasteiger partial charge is 0.416 e. The summed E-state index contributed by atoms with van der Waals surface area (Å²) in [5.41, 5.74) is 1.74. The maximum Gasteiger partial charge on any atom is 0.416 e. The van der Waals surface area contributed by atoms with Crippen molar-refractivity contribution in [2.24, 2.45) is 0 Å². The minimum absolute atomic E-state index is 0.398. The normalized spacial score (nSPS) is 12.0. The Labute approximate surface area is 160 Å². The van der Waals surface area contributed by atoms with E-state index in [1.165, 1.54) is 12.1 Å². The largest absolute Gasteiger partial charge is 0.497 e. The number of hydrogen-bond donors (Lipinski definition) is 0. The number of methoxy groups -OCH3 is 1. The van der Waals surface area contributed by atoms with E-state index in [0.29, 0.717) is 24.0 Å². The fourth-order valence-corrected chi connectivity index (χ4v) is 3.07. The summed E-state index contributed by atoms with van der Waals surface area (Å²) in [7, 11) is 3.47. The summed E-state index contributed by atoms with van der Waals surface area (Å²) in [6.07, 6.45) is -4.32. The van der Waals surface area contributed by atoms with Crippen molar-refractivity contribution in [1.82, 2.24) is 9.88 Å². The van der Waals surface area contributed by atoms with Gasteiger partial charge in [-0.2, -0.15) is 13.2 Å². The molecule has 1 aromatic heterocycles. The van der Waals surface area contributed by atoms with E-state index in [0.717, 1.165) is 34.2 Å². The molecular weight excluding hydrogens is 377 g/mol. The lowest BCUT2D eigenvalue weighted by atomic mass is 10.1. The SMILES string of the molecule is COc1ccc2cc(CN(C)Cc3ccc(C(F)(F)F)cc3)c(Cl)nc2c1. The molecule has 27 heavy (non-hydrogen) atoms. The Bertz CT molecular complexity index is 942. The van der Waals surface area contributed by atoms with Gasteiger partial charge in [0, 0.05) is 30.1 Å². The van der Waals surface area contributed by atoms with Crippen LogP contribution in [0.4, 0.5) is 13.2 Å². The second-order valence-corrected chi connectivity index (χ2v) is 6.72. The van der Waals surface area contributed by atoms with Crippen LogP contribution in [0.5, 0.6) is 5.75 Å². The zero-order valence-corrected chi connectivity index (χ0v) is 15.6. The molecule has 3 nitrogen and oxygen atoms in total. The number of nitrogens with zero attached hydrogens (tertiary/aromatic N) is 2. The van der Waals surface area contributed by atoms with Crippen LogP contribution in [-0.4, -0.2) is 24.0 Å². The molecule has 3 rings (SSSR count). The van der Waals surface area contributed by atoms with E-state index in [1.807, 2.05) is 36.2 Å². The predicted octanol–water partition coefficient (Wildman–Crippen LogP) is 5.55. The third-order valence-corrected chi connectivity index (χ3v) is 4.55. The molecule has 0 aliphatic rings. The van der Waals surface area contributed by atoms with Gasteiger partial charge in [0.25, 0.3) is 0 Å². The predicted molar refractivity (Wildman–Crippen MR) is 99.9 cm³/mol. The topological polar surface area (TPSA) is 25.4 Å². The molecule has 0 aliphatic carbocycles. The molecule has 1 heterocycles. The molecule has 0 atom stereocenters. The zero-order chi connectivity index (χ0) is 19.6. The fourth-order valence-electron chi connectivity index (χ4n) is 2.86. The van der Waals surface area contributed by atoms with Crippen LogP contribution in [-0.2, 0) is 19.3 Å². The summed E-state index contributed by atoms with van der Waals surface area (Å²) in [6, 6.07) is 12.7. The zero-order valence-electron chi connectivity index (χ0n) is 14.8. The summed E-state index contributed by atoms with van der Waals surface area (Å²) in [4.78, 5) is 6.39. The van der Waals surface area contributed by atoms with Gasteiger partial charge in [-0.3, -0.25) is 4.90 Å². The Hall–Kier alpha value is -2.31. The maximum atomic E-state index is 12.6. The van der Waals surface area contributed by atoms with Crippen molar-refractivity contribution in [1.29, 1.82) is 0 Å². The minimum atomic E-state index is -4.32. The van der Waals surface area contributed by atoms with Crippen molar-refractivity contribution in [3.63, 3.8) is 0 Å². The third-order valence-electron chi connectivity index (χ3n) is 4.22. The van der Waals surface area contributed by atoms with Crippen molar-refractivity contribution in [3.8, 4) is 5.75 Å². The van der Waals surface area contributed by atoms with Crippen molar-refractivity contribution in [2.45, 2.75) is 19.3 Å². The Morgan fingerprint density at radius 3 is 2.37 bits per heavy atom. The van der Waals surface area contributed by atoms with E-state index in [1.54, 1.807) is 7.11 Å². The lowest BCUT2D eigenvalue weighted by Gasteiger charge is -2.18. The van der Waals surface area contributed by atoms with Crippen molar-refractivity contribution < 1.29 is 17.9 Å². The number of alkyl halides is 3. The molecule has 7 heteroatoms. The number of rotatable bonds is 5. The summed E-state index contributed by atoms with van der Waals surface area (Å²) in [6.45, 7) is 1.02. The molecule has 0 saturated carbocycles. The average molecular weight is 395 g/mol. The highest BCUT2D eigenvalue weighted by Gasteiger charge is 2.29. The van der Waals surface area contributed by atoms with Gasteiger partial charge >= 0.3 is 6.18 Å². The van der Waals surface area contributed by atoms with Gasteiger partial charge in [0.05, 0.1) is 18.2 Å². The van der Waals surface area contributed by atoms with E-state index in [-0.39, 0.29) is 0 Å². The van der Waals surface area contributed by atoms with Gasteiger partial charge in [0.15, 0.2) is 0 Å². The van der Waals surface area contributed by atoms with Gasteiger partial charge in [-0.05, 0) is 42.9 Å². The molecule has 0 fully saturated rings. The van der Waals surface area contributed by atoms with E-state index in [9.17, 15) is 13.2 Å². The highest BCUT2D eigenvalue weighted by Crippen LogP contribution is 2.29. The molecule has 3 aromatic rings. The van der Waals surface area contributed by atoms with Crippen LogP contribution in [0.1, 0.15) is 16.7 Å². The molecule has 142 valence electrons. The molecule has 0 unspecified atom stereocenters. The fraction of sp³-hybridized carbons (Fsp3) is 0.250. The molecule has 0 radical (unpaired) electrons. The van der Waals surface area contributed by atoms with E-state index < -0.39 is 11.7 Å². The molecule has 0 saturated heterocycles.